The first-order valence-corrected chi connectivity index (χ1v) is 11.0. The number of anilines is 1. The van der Waals surface area contributed by atoms with E-state index in [4.69, 9.17) is 14.2 Å². The number of amides is 1. The van der Waals surface area contributed by atoms with Gasteiger partial charge in [-0.25, -0.2) is 4.79 Å². The van der Waals surface area contributed by atoms with Crippen molar-refractivity contribution in [3.05, 3.63) is 39.8 Å². The highest BCUT2D eigenvalue weighted by molar-refractivity contribution is 7.17. The summed E-state index contributed by atoms with van der Waals surface area (Å²) in [4.78, 5) is 28.9. The number of carbonyl (C=O) groups is 2. The summed E-state index contributed by atoms with van der Waals surface area (Å²) in [7, 11) is 0. The van der Waals surface area contributed by atoms with Gasteiger partial charge in [0.05, 0.1) is 18.6 Å². The predicted octanol–water partition coefficient (Wildman–Crippen LogP) is 3.60. The third kappa shape index (κ3) is 4.15. The fourth-order valence-electron chi connectivity index (χ4n) is 3.78. The molecule has 0 atom stereocenters. The van der Waals surface area contributed by atoms with Crippen LogP contribution in [0.25, 0.3) is 0 Å². The highest BCUT2D eigenvalue weighted by Crippen LogP contribution is 2.38. The number of fused-ring (bicyclic) bond motifs is 2. The van der Waals surface area contributed by atoms with Gasteiger partial charge in [0, 0.05) is 24.0 Å². The van der Waals surface area contributed by atoms with Gasteiger partial charge in [0.25, 0.3) is 0 Å². The topological polar surface area (TPSA) is 77.1 Å². The van der Waals surface area contributed by atoms with E-state index in [0.29, 0.717) is 34.7 Å². The Morgan fingerprint density at radius 2 is 2.07 bits per heavy atom. The van der Waals surface area contributed by atoms with Gasteiger partial charge in [-0.05, 0) is 50.5 Å². The molecule has 160 valence electrons. The second-order valence-electron chi connectivity index (χ2n) is 7.66. The van der Waals surface area contributed by atoms with Crippen molar-refractivity contribution in [3.63, 3.8) is 0 Å². The molecule has 1 N–H and O–H groups in total. The van der Waals surface area contributed by atoms with Crippen LogP contribution in [-0.4, -0.2) is 42.8 Å². The molecule has 0 bridgehead atoms. The Bertz CT molecular complexity index is 969. The average molecular weight is 431 g/mol. The number of nitrogens with zero attached hydrogens (tertiary/aromatic N) is 1. The van der Waals surface area contributed by atoms with E-state index >= 15 is 0 Å². The first kappa shape index (κ1) is 20.7. The van der Waals surface area contributed by atoms with Crippen molar-refractivity contribution < 1.29 is 23.8 Å². The largest absolute Gasteiger partial charge is 0.462 e. The van der Waals surface area contributed by atoms with Crippen molar-refractivity contribution in [1.82, 2.24) is 4.90 Å². The Morgan fingerprint density at radius 3 is 2.83 bits per heavy atom. The highest BCUT2D eigenvalue weighted by Gasteiger charge is 2.30. The van der Waals surface area contributed by atoms with Crippen LogP contribution in [0.5, 0.6) is 11.5 Å². The summed E-state index contributed by atoms with van der Waals surface area (Å²) in [5.41, 5.74) is 2.34. The lowest BCUT2D eigenvalue weighted by atomic mass is 10.0. The number of carbonyl (C=O) groups excluding carboxylic acids is 2. The van der Waals surface area contributed by atoms with Gasteiger partial charge in [-0.1, -0.05) is 6.07 Å². The quantitative estimate of drug-likeness (QED) is 0.706. The Morgan fingerprint density at radius 1 is 1.27 bits per heavy atom. The molecule has 2 aliphatic rings. The van der Waals surface area contributed by atoms with Crippen molar-refractivity contribution in [2.24, 2.45) is 0 Å². The van der Waals surface area contributed by atoms with Crippen molar-refractivity contribution in [1.29, 1.82) is 0 Å². The van der Waals surface area contributed by atoms with E-state index in [1.165, 1.54) is 11.3 Å². The minimum absolute atomic E-state index is 0.180. The molecule has 0 fully saturated rings. The van der Waals surface area contributed by atoms with Gasteiger partial charge in [-0.3, -0.25) is 9.69 Å². The Balaban J connectivity index is 1.55. The summed E-state index contributed by atoms with van der Waals surface area (Å²) < 4.78 is 16.0. The monoisotopic (exact) mass is 430 g/mol. The molecule has 2 aliphatic heterocycles. The van der Waals surface area contributed by atoms with E-state index in [1.54, 1.807) is 13.0 Å². The van der Waals surface area contributed by atoms with E-state index in [0.717, 1.165) is 35.5 Å². The zero-order valence-electron chi connectivity index (χ0n) is 17.4. The predicted molar refractivity (Wildman–Crippen MR) is 114 cm³/mol. The molecular formula is C22H26N2O5S. The standard InChI is InChI=1S/C22H26N2O5S/c1-4-27-22(26)20-15-7-8-24(13(2)3)11-18(15)30-21(20)23-19(25)10-14-5-6-16-17(9-14)29-12-28-16/h5-6,9,13H,4,7-8,10-12H2,1-3H3,(H,23,25). The van der Waals surface area contributed by atoms with E-state index in [9.17, 15) is 9.59 Å². The zero-order chi connectivity index (χ0) is 21.3. The second-order valence-corrected chi connectivity index (χ2v) is 8.76. The molecule has 1 aromatic carbocycles. The third-order valence-electron chi connectivity index (χ3n) is 5.35. The van der Waals surface area contributed by atoms with Gasteiger partial charge in [-0.2, -0.15) is 0 Å². The van der Waals surface area contributed by atoms with Crippen molar-refractivity contribution in [2.75, 3.05) is 25.3 Å². The first-order valence-electron chi connectivity index (χ1n) is 10.2. The summed E-state index contributed by atoms with van der Waals surface area (Å²) in [5, 5.41) is 3.53. The Kier molecular flexibility index (Phi) is 5.97. The summed E-state index contributed by atoms with van der Waals surface area (Å²) in [5.74, 6) is 0.780. The molecule has 8 heteroatoms. The number of hydrogen-bond acceptors (Lipinski definition) is 7. The highest BCUT2D eigenvalue weighted by atomic mass is 32.1. The minimum atomic E-state index is -0.369. The molecule has 0 spiro atoms. The lowest BCUT2D eigenvalue weighted by Gasteiger charge is -2.30. The normalized spacial score (nSPS) is 15.2. The number of esters is 1. The molecule has 0 saturated heterocycles. The van der Waals surface area contributed by atoms with Crippen LogP contribution in [0.1, 0.15) is 47.1 Å². The second kappa shape index (κ2) is 8.65. The number of nitrogens with one attached hydrogen (secondary N) is 1. The molecular weight excluding hydrogens is 404 g/mol. The summed E-state index contributed by atoms with van der Waals surface area (Å²) in [6.07, 6.45) is 0.954. The van der Waals surface area contributed by atoms with Gasteiger partial charge < -0.3 is 19.5 Å². The van der Waals surface area contributed by atoms with Gasteiger partial charge >= 0.3 is 5.97 Å². The van der Waals surface area contributed by atoms with Crippen LogP contribution in [0.3, 0.4) is 0 Å². The van der Waals surface area contributed by atoms with Gasteiger partial charge in [0.2, 0.25) is 12.7 Å². The molecule has 0 aliphatic carbocycles. The average Bonchev–Trinajstić information content (AvgIpc) is 3.30. The smallest absolute Gasteiger partial charge is 0.341 e. The molecule has 3 heterocycles. The first-order chi connectivity index (χ1) is 14.5. The van der Waals surface area contributed by atoms with Gasteiger partial charge in [0.1, 0.15) is 5.00 Å². The molecule has 30 heavy (non-hydrogen) atoms. The lowest BCUT2D eigenvalue weighted by Crippen LogP contribution is -2.35. The van der Waals surface area contributed by atoms with Crippen LogP contribution in [0, 0.1) is 0 Å². The molecule has 0 radical (unpaired) electrons. The Hall–Kier alpha value is -2.58. The number of thiophene rings is 1. The fourth-order valence-corrected chi connectivity index (χ4v) is 5.06. The molecule has 4 rings (SSSR count). The number of hydrogen-bond donors (Lipinski definition) is 1. The molecule has 2 aromatic rings. The summed E-state index contributed by atoms with van der Waals surface area (Å²) >= 11 is 1.48. The molecule has 1 amide bonds. The van der Waals surface area contributed by atoms with Crippen LogP contribution in [0.15, 0.2) is 18.2 Å². The van der Waals surface area contributed by atoms with E-state index in [2.05, 4.69) is 24.1 Å². The van der Waals surface area contributed by atoms with Crippen LogP contribution >= 0.6 is 11.3 Å². The summed E-state index contributed by atoms with van der Waals surface area (Å²) in [6, 6.07) is 5.89. The molecule has 1 aromatic heterocycles. The van der Waals surface area contributed by atoms with E-state index < -0.39 is 0 Å². The maximum absolute atomic E-state index is 12.8. The molecule has 0 unspecified atom stereocenters. The van der Waals surface area contributed by atoms with E-state index in [1.807, 2.05) is 12.1 Å². The van der Waals surface area contributed by atoms with Crippen molar-refractivity contribution in [3.8, 4) is 11.5 Å². The van der Waals surface area contributed by atoms with Crippen LogP contribution < -0.4 is 14.8 Å². The third-order valence-corrected chi connectivity index (χ3v) is 6.48. The molecule has 0 saturated carbocycles. The maximum atomic E-state index is 12.8. The molecule has 7 nitrogen and oxygen atoms in total. The van der Waals surface area contributed by atoms with Gasteiger partial charge in [0.15, 0.2) is 11.5 Å². The minimum Gasteiger partial charge on any atom is -0.462 e. The van der Waals surface area contributed by atoms with Gasteiger partial charge in [-0.15, -0.1) is 11.3 Å². The number of rotatable bonds is 6. The maximum Gasteiger partial charge on any atom is 0.341 e. The zero-order valence-corrected chi connectivity index (χ0v) is 18.3. The lowest BCUT2D eigenvalue weighted by molar-refractivity contribution is -0.115. The van der Waals surface area contributed by atoms with E-state index in [-0.39, 0.29) is 25.1 Å². The Labute approximate surface area is 179 Å². The number of ether oxygens (including phenoxy) is 3. The number of benzene rings is 1. The van der Waals surface area contributed by atoms with Crippen LogP contribution in [0.2, 0.25) is 0 Å². The van der Waals surface area contributed by atoms with Crippen LogP contribution in [0.4, 0.5) is 5.00 Å². The summed E-state index contributed by atoms with van der Waals surface area (Å²) in [6.45, 7) is 8.28. The van der Waals surface area contributed by atoms with Crippen molar-refractivity contribution >= 4 is 28.2 Å². The SMILES string of the molecule is CCOC(=O)c1c(NC(=O)Cc2ccc3c(c2)OCO3)sc2c1CCN(C(C)C)C2. The van der Waals surface area contributed by atoms with Crippen LogP contribution in [-0.2, 0) is 28.9 Å². The fraction of sp³-hybridized carbons (Fsp3) is 0.455. The van der Waals surface area contributed by atoms with Crippen molar-refractivity contribution in [2.45, 2.75) is 46.2 Å².